The van der Waals surface area contributed by atoms with Crippen LogP contribution in [0, 0.1) is 0 Å². The van der Waals surface area contributed by atoms with E-state index >= 15 is 0 Å². The number of hydrogen-bond donors (Lipinski definition) is 2. The summed E-state index contributed by atoms with van der Waals surface area (Å²) in [5.74, 6) is 0. The maximum atomic E-state index is 9.94. The van der Waals surface area contributed by atoms with Gasteiger partial charge in [-0.15, -0.1) is 11.3 Å². The molecule has 0 aliphatic carbocycles. The van der Waals surface area contributed by atoms with Gasteiger partial charge < -0.3 is 10.4 Å². The molecule has 2 aromatic rings. The Bertz CT molecular complexity index is 450. The van der Waals surface area contributed by atoms with Crippen molar-refractivity contribution in [1.82, 2.24) is 0 Å². The van der Waals surface area contributed by atoms with Gasteiger partial charge in [-0.25, -0.2) is 0 Å². The minimum atomic E-state index is -0.354. The molecule has 2 rings (SSSR count). The number of aliphatic hydroxyl groups excluding tert-OH is 1. The van der Waals surface area contributed by atoms with Gasteiger partial charge in [0.25, 0.3) is 0 Å². The lowest BCUT2D eigenvalue weighted by atomic mass is 10.1. The molecule has 96 valence electrons. The predicted molar refractivity (Wildman–Crippen MR) is 78.2 cm³/mol. The summed E-state index contributed by atoms with van der Waals surface area (Å²) in [6.45, 7) is 2.93. The predicted octanol–water partition coefficient (Wildman–Crippen LogP) is 3.85. The fourth-order valence-electron chi connectivity index (χ4n) is 1.83. The molecule has 2 nitrogen and oxygen atoms in total. The molecule has 1 unspecified atom stereocenters. The van der Waals surface area contributed by atoms with Crippen LogP contribution in [0.25, 0.3) is 0 Å². The van der Waals surface area contributed by atoms with Gasteiger partial charge in [-0.05, 0) is 42.0 Å². The fourth-order valence-corrected chi connectivity index (χ4v) is 2.58. The Kier molecular flexibility index (Phi) is 4.79. The van der Waals surface area contributed by atoms with E-state index in [1.807, 2.05) is 17.5 Å². The quantitative estimate of drug-likeness (QED) is 0.828. The molecule has 3 heteroatoms. The third kappa shape index (κ3) is 3.59. The topological polar surface area (TPSA) is 32.3 Å². The minimum Gasteiger partial charge on any atom is -0.388 e. The van der Waals surface area contributed by atoms with Crippen LogP contribution in [0.2, 0.25) is 0 Å². The smallest absolute Gasteiger partial charge is 0.0898 e. The molecule has 1 atom stereocenters. The molecule has 1 aromatic heterocycles. The van der Waals surface area contributed by atoms with Gasteiger partial charge in [0, 0.05) is 17.1 Å². The number of aliphatic hydroxyl groups is 1. The van der Waals surface area contributed by atoms with E-state index in [0.717, 1.165) is 30.0 Å². The van der Waals surface area contributed by atoms with Crippen molar-refractivity contribution < 1.29 is 5.11 Å². The van der Waals surface area contributed by atoms with Crippen molar-refractivity contribution in [2.75, 3.05) is 11.9 Å². The van der Waals surface area contributed by atoms with Gasteiger partial charge >= 0.3 is 0 Å². The standard InChI is InChI=1S/C15H19NOS/c1-2-12-5-7-13(8-6-12)16-10-9-14(17)15-4-3-11-18-15/h3-8,11,14,16-17H,2,9-10H2,1H3. The molecule has 0 aliphatic heterocycles. The van der Waals surface area contributed by atoms with Crippen molar-refractivity contribution in [3.05, 3.63) is 52.2 Å². The summed E-state index contributed by atoms with van der Waals surface area (Å²) in [7, 11) is 0. The lowest BCUT2D eigenvalue weighted by molar-refractivity contribution is 0.175. The Morgan fingerprint density at radius 1 is 1.22 bits per heavy atom. The highest BCUT2D eigenvalue weighted by molar-refractivity contribution is 7.10. The Balaban J connectivity index is 1.77. The van der Waals surface area contributed by atoms with Crippen LogP contribution >= 0.6 is 11.3 Å². The number of hydrogen-bond acceptors (Lipinski definition) is 3. The lowest BCUT2D eigenvalue weighted by Crippen LogP contribution is -2.06. The van der Waals surface area contributed by atoms with E-state index in [4.69, 9.17) is 0 Å². The van der Waals surface area contributed by atoms with E-state index in [2.05, 4.69) is 36.5 Å². The average Bonchev–Trinajstić information content (AvgIpc) is 2.93. The largest absolute Gasteiger partial charge is 0.388 e. The van der Waals surface area contributed by atoms with Crippen LogP contribution in [0.4, 0.5) is 5.69 Å². The summed E-state index contributed by atoms with van der Waals surface area (Å²) in [6, 6.07) is 12.4. The van der Waals surface area contributed by atoms with Crippen molar-refractivity contribution in [3.8, 4) is 0 Å². The van der Waals surface area contributed by atoms with Crippen molar-refractivity contribution in [2.45, 2.75) is 25.9 Å². The third-order valence-corrected chi connectivity index (χ3v) is 3.95. The number of benzene rings is 1. The normalized spacial score (nSPS) is 12.3. The first-order valence-corrected chi connectivity index (χ1v) is 7.22. The third-order valence-electron chi connectivity index (χ3n) is 2.98. The molecule has 0 saturated carbocycles. The lowest BCUT2D eigenvalue weighted by Gasteiger charge is -2.10. The minimum absolute atomic E-state index is 0.354. The van der Waals surface area contributed by atoms with Gasteiger partial charge in [0.05, 0.1) is 6.10 Å². The fraction of sp³-hybridized carbons (Fsp3) is 0.333. The van der Waals surface area contributed by atoms with E-state index in [9.17, 15) is 5.11 Å². The molecule has 0 saturated heterocycles. The second-order valence-electron chi connectivity index (χ2n) is 4.30. The number of thiophene rings is 1. The summed E-state index contributed by atoms with van der Waals surface area (Å²) < 4.78 is 0. The van der Waals surface area contributed by atoms with Gasteiger partial charge in [0.1, 0.15) is 0 Å². The zero-order valence-electron chi connectivity index (χ0n) is 10.6. The van der Waals surface area contributed by atoms with Crippen LogP contribution in [0.15, 0.2) is 41.8 Å². The van der Waals surface area contributed by atoms with Gasteiger partial charge in [-0.1, -0.05) is 25.1 Å². The first-order chi connectivity index (χ1) is 8.79. The molecule has 2 N–H and O–H groups in total. The van der Waals surface area contributed by atoms with Crippen molar-refractivity contribution in [3.63, 3.8) is 0 Å². The first kappa shape index (κ1) is 13.1. The molecule has 0 bridgehead atoms. The highest BCUT2D eigenvalue weighted by Gasteiger charge is 2.07. The van der Waals surface area contributed by atoms with Crippen molar-refractivity contribution in [2.24, 2.45) is 0 Å². The molecule has 0 fully saturated rings. The average molecular weight is 261 g/mol. The molecule has 1 aromatic carbocycles. The van der Waals surface area contributed by atoms with Crippen LogP contribution in [0.3, 0.4) is 0 Å². The Hall–Kier alpha value is -1.32. The number of nitrogens with one attached hydrogen (secondary N) is 1. The van der Waals surface area contributed by atoms with Gasteiger partial charge in [-0.2, -0.15) is 0 Å². The van der Waals surface area contributed by atoms with Crippen LogP contribution in [-0.4, -0.2) is 11.7 Å². The molecule has 0 spiro atoms. The second-order valence-corrected chi connectivity index (χ2v) is 5.28. The maximum Gasteiger partial charge on any atom is 0.0898 e. The summed E-state index contributed by atoms with van der Waals surface area (Å²) in [4.78, 5) is 1.04. The number of anilines is 1. The maximum absolute atomic E-state index is 9.94. The molecule has 0 aliphatic rings. The second kappa shape index (κ2) is 6.57. The van der Waals surface area contributed by atoms with Crippen LogP contribution < -0.4 is 5.32 Å². The monoisotopic (exact) mass is 261 g/mol. The summed E-state index contributed by atoms with van der Waals surface area (Å²) in [5, 5.41) is 15.3. The van der Waals surface area contributed by atoms with E-state index in [-0.39, 0.29) is 6.10 Å². The molecule has 1 heterocycles. The Labute approximate surface area is 112 Å². The van der Waals surface area contributed by atoms with E-state index in [1.54, 1.807) is 11.3 Å². The molecule has 0 amide bonds. The highest BCUT2D eigenvalue weighted by atomic mass is 32.1. The summed E-state index contributed by atoms with van der Waals surface area (Å²) >= 11 is 1.60. The SMILES string of the molecule is CCc1ccc(NCCC(O)c2cccs2)cc1. The first-order valence-electron chi connectivity index (χ1n) is 6.34. The van der Waals surface area contributed by atoms with Gasteiger partial charge in [0.2, 0.25) is 0 Å². The van der Waals surface area contributed by atoms with E-state index in [1.165, 1.54) is 5.56 Å². The number of aryl methyl sites for hydroxylation is 1. The Morgan fingerprint density at radius 3 is 2.61 bits per heavy atom. The van der Waals surface area contributed by atoms with Crippen molar-refractivity contribution >= 4 is 17.0 Å². The number of rotatable bonds is 6. The zero-order chi connectivity index (χ0) is 12.8. The molecule has 18 heavy (non-hydrogen) atoms. The molecular formula is C15H19NOS. The van der Waals surface area contributed by atoms with E-state index < -0.39 is 0 Å². The van der Waals surface area contributed by atoms with Crippen LogP contribution in [0.5, 0.6) is 0 Å². The van der Waals surface area contributed by atoms with Gasteiger partial charge in [0.15, 0.2) is 0 Å². The van der Waals surface area contributed by atoms with Crippen molar-refractivity contribution in [1.29, 1.82) is 0 Å². The zero-order valence-corrected chi connectivity index (χ0v) is 11.4. The summed E-state index contributed by atoms with van der Waals surface area (Å²) in [6.07, 6.45) is 1.44. The van der Waals surface area contributed by atoms with E-state index in [0.29, 0.717) is 0 Å². The molecule has 0 radical (unpaired) electrons. The van der Waals surface area contributed by atoms with Gasteiger partial charge in [-0.3, -0.25) is 0 Å². The summed E-state index contributed by atoms with van der Waals surface area (Å²) in [5.41, 5.74) is 2.46. The highest BCUT2D eigenvalue weighted by Crippen LogP contribution is 2.21. The van der Waals surface area contributed by atoms with Crippen LogP contribution in [-0.2, 0) is 6.42 Å². The van der Waals surface area contributed by atoms with Crippen LogP contribution in [0.1, 0.15) is 29.9 Å². The Morgan fingerprint density at radius 2 is 2.00 bits per heavy atom. The molecular weight excluding hydrogens is 242 g/mol.